The van der Waals surface area contributed by atoms with Gasteiger partial charge in [0.2, 0.25) is 10.0 Å². The van der Waals surface area contributed by atoms with Gasteiger partial charge in [-0.3, -0.25) is 4.72 Å². The van der Waals surface area contributed by atoms with E-state index in [2.05, 4.69) is 10.0 Å². The molecule has 112 valence electrons. The summed E-state index contributed by atoms with van der Waals surface area (Å²) in [7, 11) is -3.30. The highest BCUT2D eigenvalue weighted by Crippen LogP contribution is 2.35. The summed E-state index contributed by atoms with van der Waals surface area (Å²) in [5.74, 6) is 1.02. The van der Waals surface area contributed by atoms with Gasteiger partial charge < -0.3 is 9.73 Å². The Morgan fingerprint density at radius 2 is 1.95 bits per heavy atom. The number of sulfonamides is 1. The van der Waals surface area contributed by atoms with Crippen LogP contribution in [0.2, 0.25) is 0 Å². The third-order valence-corrected chi connectivity index (χ3v) is 4.19. The highest BCUT2D eigenvalue weighted by Gasteiger charge is 2.23. The third kappa shape index (κ3) is 3.21. The van der Waals surface area contributed by atoms with Crippen LogP contribution in [0, 0.1) is 0 Å². The van der Waals surface area contributed by atoms with Crippen molar-refractivity contribution < 1.29 is 12.8 Å². The highest BCUT2D eigenvalue weighted by molar-refractivity contribution is 7.92. The van der Waals surface area contributed by atoms with E-state index in [-0.39, 0.29) is 6.04 Å². The summed E-state index contributed by atoms with van der Waals surface area (Å²) in [4.78, 5) is 0. The summed E-state index contributed by atoms with van der Waals surface area (Å²) in [5, 5.41) is 3.43. The Morgan fingerprint density at radius 3 is 2.71 bits per heavy atom. The molecule has 0 spiro atoms. The molecule has 0 saturated heterocycles. The lowest BCUT2D eigenvalue weighted by Crippen LogP contribution is -2.18. The molecule has 2 aromatic rings. The molecule has 0 fully saturated rings. The van der Waals surface area contributed by atoms with Gasteiger partial charge in [-0.15, -0.1) is 0 Å². The van der Waals surface area contributed by atoms with Crippen molar-refractivity contribution in [2.75, 3.05) is 16.3 Å². The van der Waals surface area contributed by atoms with E-state index >= 15 is 0 Å². The molecule has 1 aliphatic carbocycles. The fraction of sp³-hybridized carbons (Fsp3) is 0.333. The van der Waals surface area contributed by atoms with Crippen LogP contribution in [-0.4, -0.2) is 14.7 Å². The van der Waals surface area contributed by atoms with Crippen molar-refractivity contribution >= 4 is 21.4 Å². The zero-order chi connectivity index (χ0) is 14.9. The second kappa shape index (κ2) is 5.44. The van der Waals surface area contributed by atoms with Crippen LogP contribution in [0.15, 0.2) is 41.0 Å². The standard InChI is InChI=1S/C15H18N2O3S/c1-21(18,19)17-14-6-3-2-5-13(14)16-12-7-4-8-15-11(12)9-10-20-15/h2-3,5-6,9-10,12,16-17H,4,7-8H2,1H3. The molecule has 1 heterocycles. The Bertz CT molecular complexity index is 737. The first kappa shape index (κ1) is 14.0. The number of nitrogens with one attached hydrogen (secondary N) is 2. The first-order chi connectivity index (χ1) is 10.0. The van der Waals surface area contributed by atoms with Crippen LogP contribution in [0.25, 0.3) is 0 Å². The largest absolute Gasteiger partial charge is 0.469 e. The van der Waals surface area contributed by atoms with E-state index in [4.69, 9.17) is 4.42 Å². The van der Waals surface area contributed by atoms with Gasteiger partial charge in [0.15, 0.2) is 0 Å². The number of anilines is 2. The molecule has 0 amide bonds. The topological polar surface area (TPSA) is 71.3 Å². The van der Waals surface area contributed by atoms with E-state index in [9.17, 15) is 8.42 Å². The number of hydrogen-bond acceptors (Lipinski definition) is 4. The fourth-order valence-corrected chi connectivity index (χ4v) is 3.30. The lowest BCUT2D eigenvalue weighted by Gasteiger charge is -2.25. The monoisotopic (exact) mass is 306 g/mol. The predicted molar refractivity (Wildman–Crippen MR) is 82.9 cm³/mol. The molecule has 0 saturated carbocycles. The Labute approximate surface area is 124 Å². The number of rotatable bonds is 4. The van der Waals surface area contributed by atoms with E-state index < -0.39 is 10.0 Å². The quantitative estimate of drug-likeness (QED) is 0.910. The van der Waals surface area contributed by atoms with Gasteiger partial charge in [-0.1, -0.05) is 12.1 Å². The van der Waals surface area contributed by atoms with E-state index in [0.717, 1.165) is 42.5 Å². The summed E-state index contributed by atoms with van der Waals surface area (Å²) in [6, 6.07) is 9.45. The Balaban J connectivity index is 1.87. The minimum Gasteiger partial charge on any atom is -0.469 e. The van der Waals surface area contributed by atoms with Crippen LogP contribution < -0.4 is 10.0 Å². The predicted octanol–water partition coefficient (Wildman–Crippen LogP) is 3.14. The maximum Gasteiger partial charge on any atom is 0.229 e. The molecule has 5 nitrogen and oxygen atoms in total. The number of para-hydroxylation sites is 2. The summed E-state index contributed by atoms with van der Waals surface area (Å²) in [6.07, 6.45) is 5.88. The van der Waals surface area contributed by atoms with Crippen LogP contribution in [0.1, 0.15) is 30.2 Å². The molecular formula is C15H18N2O3S. The van der Waals surface area contributed by atoms with Crippen molar-refractivity contribution in [1.29, 1.82) is 0 Å². The second-order valence-electron chi connectivity index (χ2n) is 5.31. The number of hydrogen-bond donors (Lipinski definition) is 2. The number of fused-ring (bicyclic) bond motifs is 1. The van der Waals surface area contributed by atoms with Crippen molar-refractivity contribution in [2.24, 2.45) is 0 Å². The molecule has 3 rings (SSSR count). The summed E-state index contributed by atoms with van der Waals surface area (Å²) < 4.78 is 30.9. The fourth-order valence-electron chi connectivity index (χ4n) is 2.72. The average Bonchev–Trinajstić information content (AvgIpc) is 2.89. The number of benzene rings is 1. The van der Waals surface area contributed by atoms with Gasteiger partial charge in [-0.05, 0) is 31.0 Å². The third-order valence-electron chi connectivity index (χ3n) is 3.60. The smallest absolute Gasteiger partial charge is 0.229 e. The lowest BCUT2D eigenvalue weighted by atomic mass is 9.93. The van der Waals surface area contributed by atoms with Crippen LogP contribution in [0.4, 0.5) is 11.4 Å². The van der Waals surface area contributed by atoms with Gasteiger partial charge in [0.25, 0.3) is 0 Å². The number of furan rings is 1. The van der Waals surface area contributed by atoms with Crippen molar-refractivity contribution in [3.8, 4) is 0 Å². The van der Waals surface area contributed by atoms with E-state index in [1.165, 1.54) is 0 Å². The highest BCUT2D eigenvalue weighted by atomic mass is 32.2. The van der Waals surface area contributed by atoms with Gasteiger partial charge in [0, 0.05) is 12.0 Å². The molecule has 0 aliphatic heterocycles. The normalized spacial score (nSPS) is 18.0. The first-order valence-corrected chi connectivity index (χ1v) is 8.82. The van der Waals surface area contributed by atoms with Gasteiger partial charge in [-0.2, -0.15) is 0 Å². The van der Waals surface area contributed by atoms with Crippen LogP contribution >= 0.6 is 0 Å². The zero-order valence-electron chi connectivity index (χ0n) is 11.8. The zero-order valence-corrected chi connectivity index (χ0v) is 12.6. The second-order valence-corrected chi connectivity index (χ2v) is 7.06. The first-order valence-electron chi connectivity index (χ1n) is 6.92. The van der Waals surface area contributed by atoms with Crippen molar-refractivity contribution in [3.63, 3.8) is 0 Å². The minimum atomic E-state index is -3.30. The molecule has 6 heteroatoms. The van der Waals surface area contributed by atoms with Gasteiger partial charge in [-0.25, -0.2) is 8.42 Å². The van der Waals surface area contributed by atoms with Crippen molar-refractivity contribution in [1.82, 2.24) is 0 Å². The van der Waals surface area contributed by atoms with Gasteiger partial charge >= 0.3 is 0 Å². The maximum atomic E-state index is 11.4. The Hall–Kier alpha value is -1.95. The molecular weight excluding hydrogens is 288 g/mol. The minimum absolute atomic E-state index is 0.148. The Morgan fingerprint density at radius 1 is 1.19 bits per heavy atom. The molecule has 0 bridgehead atoms. The molecule has 21 heavy (non-hydrogen) atoms. The van der Waals surface area contributed by atoms with Crippen LogP contribution in [0.3, 0.4) is 0 Å². The van der Waals surface area contributed by atoms with Gasteiger partial charge in [0.1, 0.15) is 5.76 Å². The van der Waals surface area contributed by atoms with Crippen LogP contribution in [0.5, 0.6) is 0 Å². The molecule has 2 N–H and O–H groups in total. The van der Waals surface area contributed by atoms with E-state index in [1.54, 1.807) is 12.3 Å². The van der Waals surface area contributed by atoms with Crippen LogP contribution in [-0.2, 0) is 16.4 Å². The van der Waals surface area contributed by atoms with E-state index in [0.29, 0.717) is 5.69 Å². The Kier molecular flexibility index (Phi) is 3.63. The lowest BCUT2D eigenvalue weighted by molar-refractivity contribution is 0.461. The summed E-state index contributed by atoms with van der Waals surface area (Å²) >= 11 is 0. The maximum absolute atomic E-state index is 11.4. The SMILES string of the molecule is CS(=O)(=O)Nc1ccccc1NC1CCCc2occc21. The average molecular weight is 306 g/mol. The molecule has 1 aromatic heterocycles. The molecule has 1 unspecified atom stereocenters. The molecule has 1 aromatic carbocycles. The molecule has 1 aliphatic rings. The summed E-state index contributed by atoms with van der Waals surface area (Å²) in [5.41, 5.74) is 2.51. The van der Waals surface area contributed by atoms with Gasteiger partial charge in [0.05, 0.1) is 29.9 Å². The number of aryl methyl sites for hydroxylation is 1. The molecule has 1 atom stereocenters. The van der Waals surface area contributed by atoms with Crippen molar-refractivity contribution in [2.45, 2.75) is 25.3 Å². The summed E-state index contributed by atoms with van der Waals surface area (Å²) in [6.45, 7) is 0. The van der Waals surface area contributed by atoms with E-state index in [1.807, 2.05) is 24.3 Å². The van der Waals surface area contributed by atoms with Crippen molar-refractivity contribution in [3.05, 3.63) is 47.9 Å². The molecule has 0 radical (unpaired) electrons.